The van der Waals surface area contributed by atoms with Gasteiger partial charge in [0.15, 0.2) is 0 Å². The van der Waals surface area contributed by atoms with Crippen LogP contribution in [0.15, 0.2) is 24.3 Å². The summed E-state index contributed by atoms with van der Waals surface area (Å²) in [6, 6.07) is 8.38. The molecule has 0 saturated heterocycles. The van der Waals surface area contributed by atoms with Gasteiger partial charge >= 0.3 is 0 Å². The highest BCUT2D eigenvalue weighted by Gasteiger charge is 2.50. The number of nitrogens with one attached hydrogen (secondary N) is 1. The van der Waals surface area contributed by atoms with E-state index in [9.17, 15) is 0 Å². The largest absolute Gasteiger partial charge is 0.230 e. The van der Waals surface area contributed by atoms with E-state index in [-0.39, 0.29) is 5.41 Å². The van der Waals surface area contributed by atoms with E-state index in [1.54, 1.807) is 0 Å². The average Bonchev–Trinajstić information content (AvgIpc) is 2.80. The standard InChI is InChI=1S/C10H11Cl2N/c1-10(6-9(10)13-12)7-2-4-8(11)5-3-7/h2-5,9,13H,6H2,1H3. The van der Waals surface area contributed by atoms with Crippen molar-refractivity contribution in [1.82, 2.24) is 4.84 Å². The Bertz CT molecular complexity index is 309. The molecule has 0 aliphatic heterocycles. The lowest BCUT2D eigenvalue weighted by atomic mass is 9.98. The summed E-state index contributed by atoms with van der Waals surface area (Å²) in [7, 11) is 0. The van der Waals surface area contributed by atoms with Gasteiger partial charge in [-0.25, -0.2) is 4.84 Å². The van der Waals surface area contributed by atoms with Crippen LogP contribution in [-0.2, 0) is 5.41 Å². The second-order valence-corrected chi connectivity index (χ2v) is 4.44. The normalized spacial score (nSPS) is 31.8. The second-order valence-electron chi connectivity index (χ2n) is 3.79. The number of benzene rings is 1. The van der Waals surface area contributed by atoms with Gasteiger partial charge in [0.1, 0.15) is 0 Å². The van der Waals surface area contributed by atoms with Gasteiger partial charge in [-0.15, -0.1) is 0 Å². The van der Waals surface area contributed by atoms with Crippen LogP contribution in [-0.4, -0.2) is 6.04 Å². The topological polar surface area (TPSA) is 12.0 Å². The van der Waals surface area contributed by atoms with Crippen LogP contribution in [0.25, 0.3) is 0 Å². The van der Waals surface area contributed by atoms with Crippen LogP contribution in [0.3, 0.4) is 0 Å². The van der Waals surface area contributed by atoms with Gasteiger partial charge in [-0.1, -0.05) is 30.7 Å². The monoisotopic (exact) mass is 215 g/mol. The maximum absolute atomic E-state index is 5.81. The highest BCUT2D eigenvalue weighted by atomic mass is 35.5. The van der Waals surface area contributed by atoms with Crippen molar-refractivity contribution in [1.29, 1.82) is 0 Å². The first-order valence-corrected chi connectivity index (χ1v) is 5.04. The molecule has 0 spiro atoms. The summed E-state index contributed by atoms with van der Waals surface area (Å²) in [5.41, 5.74) is 1.50. The second kappa shape index (κ2) is 3.16. The van der Waals surface area contributed by atoms with Crippen molar-refractivity contribution in [2.45, 2.75) is 24.8 Å². The minimum absolute atomic E-state index is 0.201. The molecule has 70 valence electrons. The first-order valence-electron chi connectivity index (χ1n) is 4.29. The summed E-state index contributed by atoms with van der Waals surface area (Å²) in [6.07, 6.45) is 1.10. The van der Waals surface area contributed by atoms with Gasteiger partial charge in [0.25, 0.3) is 0 Å². The first-order chi connectivity index (χ1) is 6.16. The SMILES string of the molecule is CC1(c2ccc(Cl)cc2)CC1NCl. The Hall–Kier alpha value is -0.240. The molecule has 13 heavy (non-hydrogen) atoms. The minimum atomic E-state index is 0.201. The van der Waals surface area contributed by atoms with Crippen molar-refractivity contribution in [3.63, 3.8) is 0 Å². The number of halogens is 2. The van der Waals surface area contributed by atoms with E-state index in [0.717, 1.165) is 11.4 Å². The molecule has 1 nitrogen and oxygen atoms in total. The maximum Gasteiger partial charge on any atom is 0.0406 e. The van der Waals surface area contributed by atoms with Crippen LogP contribution < -0.4 is 4.84 Å². The third kappa shape index (κ3) is 1.56. The van der Waals surface area contributed by atoms with E-state index >= 15 is 0 Å². The molecule has 1 aromatic rings. The Morgan fingerprint density at radius 3 is 2.46 bits per heavy atom. The van der Waals surface area contributed by atoms with Crippen molar-refractivity contribution < 1.29 is 0 Å². The van der Waals surface area contributed by atoms with E-state index in [0.29, 0.717) is 6.04 Å². The lowest BCUT2D eigenvalue weighted by molar-refractivity contribution is 0.716. The van der Waals surface area contributed by atoms with Gasteiger partial charge < -0.3 is 0 Å². The fraction of sp³-hybridized carbons (Fsp3) is 0.400. The Labute approximate surface area is 88.2 Å². The summed E-state index contributed by atoms with van der Waals surface area (Å²) < 4.78 is 0. The number of hydrogen-bond donors (Lipinski definition) is 1. The van der Waals surface area contributed by atoms with Gasteiger partial charge in [0.2, 0.25) is 0 Å². The molecule has 1 aromatic carbocycles. The van der Waals surface area contributed by atoms with Gasteiger partial charge in [-0.3, -0.25) is 0 Å². The predicted octanol–water partition coefficient (Wildman–Crippen LogP) is 3.11. The van der Waals surface area contributed by atoms with E-state index < -0.39 is 0 Å². The van der Waals surface area contributed by atoms with E-state index in [1.807, 2.05) is 12.1 Å². The Kier molecular flexibility index (Phi) is 2.26. The number of rotatable bonds is 2. The van der Waals surface area contributed by atoms with Gasteiger partial charge in [-0.05, 0) is 35.9 Å². The molecule has 0 bridgehead atoms. The zero-order valence-corrected chi connectivity index (χ0v) is 8.86. The first kappa shape index (κ1) is 9.32. The van der Waals surface area contributed by atoms with Crippen LogP contribution in [0.5, 0.6) is 0 Å². The third-order valence-corrected chi connectivity index (χ3v) is 3.39. The van der Waals surface area contributed by atoms with Crippen LogP contribution in [0.1, 0.15) is 18.9 Å². The molecule has 0 heterocycles. The molecule has 2 rings (SSSR count). The van der Waals surface area contributed by atoms with Crippen molar-refractivity contribution in [3.8, 4) is 0 Å². The van der Waals surface area contributed by atoms with Crippen LogP contribution in [0.2, 0.25) is 5.02 Å². The fourth-order valence-electron chi connectivity index (χ4n) is 1.67. The predicted molar refractivity (Wildman–Crippen MR) is 56.2 cm³/mol. The van der Waals surface area contributed by atoms with Crippen molar-refractivity contribution in [3.05, 3.63) is 34.9 Å². The van der Waals surface area contributed by atoms with Crippen molar-refractivity contribution in [2.75, 3.05) is 0 Å². The van der Waals surface area contributed by atoms with Crippen molar-refractivity contribution >= 4 is 23.4 Å². The van der Waals surface area contributed by atoms with E-state index in [4.69, 9.17) is 23.4 Å². The maximum atomic E-state index is 5.81. The lowest BCUT2D eigenvalue weighted by Gasteiger charge is -2.10. The quantitative estimate of drug-likeness (QED) is 0.749. The molecule has 0 radical (unpaired) electrons. The molecule has 1 aliphatic carbocycles. The molecule has 1 N–H and O–H groups in total. The molecule has 1 saturated carbocycles. The molecular weight excluding hydrogens is 205 g/mol. The summed E-state index contributed by atoms with van der Waals surface area (Å²) in [5, 5.41) is 0.781. The molecule has 2 atom stereocenters. The lowest BCUT2D eigenvalue weighted by Crippen LogP contribution is -2.15. The average molecular weight is 216 g/mol. The summed E-state index contributed by atoms with van der Waals surface area (Å²) in [6.45, 7) is 2.20. The zero-order valence-electron chi connectivity index (χ0n) is 7.35. The van der Waals surface area contributed by atoms with Gasteiger partial charge in [-0.2, -0.15) is 0 Å². The van der Waals surface area contributed by atoms with Crippen LogP contribution in [0, 0.1) is 0 Å². The minimum Gasteiger partial charge on any atom is -0.230 e. The smallest absolute Gasteiger partial charge is 0.0406 e. The Balaban J connectivity index is 2.23. The van der Waals surface area contributed by atoms with Crippen molar-refractivity contribution in [2.24, 2.45) is 0 Å². The highest BCUT2D eigenvalue weighted by molar-refractivity contribution is 6.30. The number of hydrogen-bond acceptors (Lipinski definition) is 1. The third-order valence-electron chi connectivity index (χ3n) is 2.87. The molecule has 1 aliphatic rings. The highest BCUT2D eigenvalue weighted by Crippen LogP contribution is 2.48. The fourth-order valence-corrected chi connectivity index (χ4v) is 2.12. The summed E-state index contributed by atoms with van der Waals surface area (Å²) in [5.74, 6) is 0. The summed E-state index contributed by atoms with van der Waals surface area (Å²) >= 11 is 11.4. The van der Waals surface area contributed by atoms with Crippen LogP contribution >= 0.6 is 23.4 Å². The summed E-state index contributed by atoms with van der Waals surface area (Å²) in [4.78, 5) is 2.78. The Morgan fingerprint density at radius 1 is 1.38 bits per heavy atom. The molecule has 0 amide bonds. The molecule has 0 aromatic heterocycles. The molecule has 2 unspecified atom stereocenters. The van der Waals surface area contributed by atoms with Gasteiger partial charge in [0, 0.05) is 16.5 Å². The molecular formula is C10H11Cl2N. The molecule has 3 heteroatoms. The molecule has 1 fully saturated rings. The zero-order chi connectivity index (χ0) is 9.47. The Morgan fingerprint density at radius 2 is 2.00 bits per heavy atom. The van der Waals surface area contributed by atoms with E-state index in [1.165, 1.54) is 5.56 Å². The van der Waals surface area contributed by atoms with Gasteiger partial charge in [0.05, 0.1) is 0 Å². The van der Waals surface area contributed by atoms with E-state index in [2.05, 4.69) is 23.9 Å². The van der Waals surface area contributed by atoms with Crippen LogP contribution in [0.4, 0.5) is 0 Å².